The maximum atomic E-state index is 10.9. The molecule has 0 aromatic heterocycles. The molecule has 1 aromatic rings. The third-order valence-electron chi connectivity index (χ3n) is 1.87. The van der Waals surface area contributed by atoms with Gasteiger partial charge in [-0.25, -0.2) is 0 Å². The van der Waals surface area contributed by atoms with Crippen LogP contribution in [0.3, 0.4) is 0 Å². The molecule has 0 amide bonds. The second kappa shape index (κ2) is 3.50. The molecule has 0 saturated carbocycles. The molecule has 0 radical (unpaired) electrons. The van der Waals surface area contributed by atoms with Gasteiger partial charge < -0.3 is 5.73 Å². The van der Waals surface area contributed by atoms with E-state index in [4.69, 9.17) is 5.73 Å². The van der Waals surface area contributed by atoms with Crippen molar-refractivity contribution in [3.8, 4) is 0 Å². The summed E-state index contributed by atoms with van der Waals surface area (Å²) in [5.74, 6) is -0.00106. The zero-order valence-electron chi connectivity index (χ0n) is 7.37. The highest BCUT2D eigenvalue weighted by Crippen LogP contribution is 2.11. The lowest BCUT2D eigenvalue weighted by atomic mass is 10.0. The van der Waals surface area contributed by atoms with Crippen molar-refractivity contribution in [1.82, 2.24) is 0 Å². The fourth-order valence-electron chi connectivity index (χ4n) is 1.01. The summed E-state index contributed by atoms with van der Waals surface area (Å²) in [7, 11) is 0. The molecule has 12 heavy (non-hydrogen) atoms. The first kappa shape index (κ1) is 8.94. The number of hydrogen-bond donors (Lipinski definition) is 1. The lowest BCUT2D eigenvalue weighted by molar-refractivity contribution is -0.118. The van der Waals surface area contributed by atoms with Gasteiger partial charge in [0.05, 0.1) is 6.04 Å². The van der Waals surface area contributed by atoms with Crippen LogP contribution in [0.5, 0.6) is 0 Å². The van der Waals surface area contributed by atoms with Gasteiger partial charge in [0, 0.05) is 0 Å². The average Bonchev–Trinajstić information content (AvgIpc) is 2.04. The lowest BCUT2D eigenvalue weighted by Crippen LogP contribution is -2.18. The van der Waals surface area contributed by atoms with Gasteiger partial charge in [0.2, 0.25) is 0 Å². The zero-order chi connectivity index (χ0) is 9.14. The molecule has 2 nitrogen and oxygen atoms in total. The second-order valence-corrected chi connectivity index (χ2v) is 3.00. The van der Waals surface area contributed by atoms with E-state index in [0.717, 1.165) is 5.56 Å². The van der Waals surface area contributed by atoms with Gasteiger partial charge in [-0.1, -0.05) is 29.8 Å². The Labute approximate surface area is 72.4 Å². The summed E-state index contributed by atoms with van der Waals surface area (Å²) in [6.45, 7) is 3.51. The molecule has 0 fully saturated rings. The fourth-order valence-corrected chi connectivity index (χ4v) is 1.01. The van der Waals surface area contributed by atoms with Crippen LogP contribution in [-0.2, 0) is 4.79 Å². The average molecular weight is 163 g/mol. The molecular formula is C10H13NO. The first-order chi connectivity index (χ1) is 5.61. The minimum Gasteiger partial charge on any atom is -0.318 e. The van der Waals surface area contributed by atoms with Crippen molar-refractivity contribution >= 4 is 5.78 Å². The number of rotatable bonds is 2. The van der Waals surface area contributed by atoms with E-state index in [0.29, 0.717) is 0 Å². The summed E-state index contributed by atoms with van der Waals surface area (Å²) >= 11 is 0. The van der Waals surface area contributed by atoms with Gasteiger partial charge in [0.1, 0.15) is 0 Å². The molecule has 1 atom stereocenters. The summed E-state index contributed by atoms with van der Waals surface area (Å²) in [6.07, 6.45) is 0. The van der Waals surface area contributed by atoms with Crippen molar-refractivity contribution in [3.63, 3.8) is 0 Å². The van der Waals surface area contributed by atoms with Gasteiger partial charge in [0.15, 0.2) is 5.78 Å². The Hall–Kier alpha value is -1.15. The molecule has 2 N–H and O–H groups in total. The maximum absolute atomic E-state index is 10.9. The molecule has 0 unspecified atom stereocenters. The van der Waals surface area contributed by atoms with Crippen LogP contribution in [0.15, 0.2) is 24.3 Å². The van der Waals surface area contributed by atoms with E-state index in [1.165, 1.54) is 12.5 Å². The van der Waals surface area contributed by atoms with Crippen molar-refractivity contribution in [3.05, 3.63) is 35.4 Å². The quantitative estimate of drug-likeness (QED) is 0.719. The molecule has 2 heteroatoms. The first-order valence-corrected chi connectivity index (χ1v) is 3.94. The van der Waals surface area contributed by atoms with E-state index < -0.39 is 6.04 Å². The van der Waals surface area contributed by atoms with Crippen molar-refractivity contribution in [1.29, 1.82) is 0 Å². The number of carbonyl (C=O) groups is 1. The SMILES string of the molecule is CC(=O)[C@H](N)c1ccc(C)cc1. The number of benzene rings is 1. The first-order valence-electron chi connectivity index (χ1n) is 3.94. The minimum atomic E-state index is -0.467. The molecule has 0 spiro atoms. The third kappa shape index (κ3) is 1.92. The highest BCUT2D eigenvalue weighted by Gasteiger charge is 2.09. The van der Waals surface area contributed by atoms with Crippen molar-refractivity contribution in [2.45, 2.75) is 19.9 Å². The number of Topliss-reactive ketones (excluding diaryl/α,β-unsaturated/α-hetero) is 1. The Bertz CT molecular complexity index is 276. The number of hydrogen-bond acceptors (Lipinski definition) is 2. The summed E-state index contributed by atoms with van der Waals surface area (Å²) in [5, 5.41) is 0. The van der Waals surface area contributed by atoms with E-state index >= 15 is 0 Å². The number of carbonyl (C=O) groups excluding carboxylic acids is 1. The maximum Gasteiger partial charge on any atom is 0.150 e. The van der Waals surface area contributed by atoms with Gasteiger partial charge in [-0.15, -0.1) is 0 Å². The normalized spacial score (nSPS) is 12.6. The monoisotopic (exact) mass is 163 g/mol. The smallest absolute Gasteiger partial charge is 0.150 e. The summed E-state index contributed by atoms with van der Waals surface area (Å²) in [4.78, 5) is 10.9. The largest absolute Gasteiger partial charge is 0.318 e. The van der Waals surface area contributed by atoms with Gasteiger partial charge in [-0.3, -0.25) is 4.79 Å². The molecule has 0 aliphatic heterocycles. The summed E-state index contributed by atoms with van der Waals surface area (Å²) < 4.78 is 0. The van der Waals surface area contributed by atoms with Crippen LogP contribution in [0, 0.1) is 6.92 Å². The molecule has 0 saturated heterocycles. The van der Waals surface area contributed by atoms with Crippen LogP contribution in [0.4, 0.5) is 0 Å². The Kier molecular flexibility index (Phi) is 2.61. The van der Waals surface area contributed by atoms with Gasteiger partial charge in [-0.05, 0) is 19.4 Å². The molecular weight excluding hydrogens is 150 g/mol. The second-order valence-electron chi connectivity index (χ2n) is 3.00. The molecule has 1 aromatic carbocycles. The zero-order valence-corrected chi connectivity index (χ0v) is 7.37. The Balaban J connectivity index is 2.89. The number of ketones is 1. The predicted molar refractivity (Wildman–Crippen MR) is 48.8 cm³/mol. The van der Waals surface area contributed by atoms with E-state index in [1.807, 2.05) is 31.2 Å². The van der Waals surface area contributed by atoms with Crippen molar-refractivity contribution in [2.75, 3.05) is 0 Å². The van der Waals surface area contributed by atoms with E-state index in [-0.39, 0.29) is 5.78 Å². The Morgan fingerprint density at radius 2 is 1.83 bits per heavy atom. The third-order valence-corrected chi connectivity index (χ3v) is 1.87. The molecule has 1 rings (SSSR count). The fraction of sp³-hybridized carbons (Fsp3) is 0.300. The van der Waals surface area contributed by atoms with Crippen LogP contribution < -0.4 is 5.73 Å². The van der Waals surface area contributed by atoms with E-state index in [9.17, 15) is 4.79 Å². The van der Waals surface area contributed by atoms with Crippen LogP contribution in [0.25, 0.3) is 0 Å². The summed E-state index contributed by atoms with van der Waals surface area (Å²) in [5.41, 5.74) is 7.70. The van der Waals surface area contributed by atoms with Crippen molar-refractivity contribution < 1.29 is 4.79 Å². The highest BCUT2D eigenvalue weighted by molar-refractivity contribution is 5.82. The van der Waals surface area contributed by atoms with Crippen LogP contribution in [0.2, 0.25) is 0 Å². The van der Waals surface area contributed by atoms with Crippen LogP contribution >= 0.6 is 0 Å². The van der Waals surface area contributed by atoms with Gasteiger partial charge in [-0.2, -0.15) is 0 Å². The molecule has 0 aliphatic rings. The molecule has 0 heterocycles. The molecule has 0 aliphatic carbocycles. The van der Waals surface area contributed by atoms with Crippen molar-refractivity contribution in [2.24, 2.45) is 5.73 Å². The van der Waals surface area contributed by atoms with Gasteiger partial charge in [0.25, 0.3) is 0 Å². The minimum absolute atomic E-state index is 0.00106. The predicted octanol–water partition coefficient (Wildman–Crippen LogP) is 1.58. The van der Waals surface area contributed by atoms with E-state index in [2.05, 4.69) is 0 Å². The van der Waals surface area contributed by atoms with Gasteiger partial charge >= 0.3 is 0 Å². The standard InChI is InChI=1S/C10H13NO/c1-7-3-5-9(6-4-7)10(11)8(2)12/h3-6,10H,11H2,1-2H3/t10-/m0/s1. The molecule has 64 valence electrons. The number of aryl methyl sites for hydroxylation is 1. The van der Waals surface area contributed by atoms with Crippen LogP contribution in [-0.4, -0.2) is 5.78 Å². The Morgan fingerprint density at radius 3 is 2.25 bits per heavy atom. The lowest BCUT2D eigenvalue weighted by Gasteiger charge is -2.07. The van der Waals surface area contributed by atoms with E-state index in [1.54, 1.807) is 0 Å². The van der Waals surface area contributed by atoms with Crippen LogP contribution in [0.1, 0.15) is 24.1 Å². The Morgan fingerprint density at radius 1 is 1.33 bits per heavy atom. The molecule has 0 bridgehead atoms. The summed E-state index contributed by atoms with van der Waals surface area (Å²) in [6, 6.07) is 7.23. The number of nitrogens with two attached hydrogens (primary N) is 1. The topological polar surface area (TPSA) is 43.1 Å². The highest BCUT2D eigenvalue weighted by atomic mass is 16.1.